The van der Waals surface area contributed by atoms with Gasteiger partial charge in [0.25, 0.3) is 0 Å². The standard InChI is InChI=1S/C19H22N6O3/c20-7-17-16-6-13-5-11(1-3-15(13)25(16)19(27)28-17)12-2-4-18(22-8-12)23-9-14(10-26)24-21/h1-3,5,10,14,16-17,21H,4,6-9,20H2,(H,22,23). The van der Waals surface area contributed by atoms with Gasteiger partial charge in [0.05, 0.1) is 18.3 Å². The maximum atomic E-state index is 12.1. The van der Waals surface area contributed by atoms with Gasteiger partial charge in [-0.15, -0.1) is 0 Å². The van der Waals surface area contributed by atoms with E-state index in [9.17, 15) is 9.59 Å². The summed E-state index contributed by atoms with van der Waals surface area (Å²) in [7, 11) is 0. The quantitative estimate of drug-likeness (QED) is 0.503. The van der Waals surface area contributed by atoms with Crippen LogP contribution in [0, 0.1) is 5.53 Å². The number of aldehydes is 1. The highest BCUT2D eigenvalue weighted by Gasteiger charge is 2.46. The molecule has 0 aromatic heterocycles. The van der Waals surface area contributed by atoms with Crippen LogP contribution < -0.4 is 16.0 Å². The molecule has 9 nitrogen and oxygen atoms in total. The van der Waals surface area contributed by atoms with Gasteiger partial charge in [0, 0.05) is 19.5 Å². The summed E-state index contributed by atoms with van der Waals surface area (Å²) in [6.45, 7) is 1.14. The van der Waals surface area contributed by atoms with E-state index in [1.54, 1.807) is 4.90 Å². The Balaban J connectivity index is 1.44. The third kappa shape index (κ3) is 3.18. The van der Waals surface area contributed by atoms with E-state index in [-0.39, 0.29) is 24.8 Å². The fraction of sp³-hybridized carbons (Fsp3) is 0.421. The first-order valence-electron chi connectivity index (χ1n) is 9.26. The Morgan fingerprint density at radius 2 is 2.36 bits per heavy atom. The predicted octanol–water partition coefficient (Wildman–Crippen LogP) is 1.27. The topological polar surface area (TPSA) is 133 Å². The fourth-order valence-electron chi connectivity index (χ4n) is 3.89. The van der Waals surface area contributed by atoms with Crippen molar-refractivity contribution in [3.8, 4) is 0 Å². The first-order chi connectivity index (χ1) is 13.6. The minimum atomic E-state index is -0.678. The molecular formula is C19H22N6O3. The fourth-order valence-corrected chi connectivity index (χ4v) is 3.89. The van der Waals surface area contributed by atoms with Crippen molar-refractivity contribution in [2.24, 2.45) is 15.8 Å². The number of hydrogen-bond donors (Lipinski definition) is 3. The van der Waals surface area contributed by atoms with Crippen LogP contribution in [0.15, 0.2) is 34.4 Å². The molecule has 0 aliphatic carbocycles. The summed E-state index contributed by atoms with van der Waals surface area (Å²) >= 11 is 0. The van der Waals surface area contributed by atoms with Gasteiger partial charge in [-0.05, 0) is 35.3 Å². The minimum Gasteiger partial charge on any atom is -0.442 e. The van der Waals surface area contributed by atoms with Crippen LogP contribution in [0.3, 0.4) is 0 Å². The highest BCUT2D eigenvalue weighted by molar-refractivity contribution is 5.94. The number of rotatable bonds is 6. The van der Waals surface area contributed by atoms with Gasteiger partial charge >= 0.3 is 6.09 Å². The van der Waals surface area contributed by atoms with Gasteiger partial charge in [-0.3, -0.25) is 9.89 Å². The molecule has 1 aromatic rings. The van der Waals surface area contributed by atoms with E-state index in [2.05, 4.69) is 27.6 Å². The third-order valence-electron chi connectivity index (χ3n) is 5.40. The molecule has 0 radical (unpaired) electrons. The molecule has 1 aromatic carbocycles. The normalized spacial score (nSPS) is 23.9. The predicted molar refractivity (Wildman–Crippen MR) is 104 cm³/mol. The number of carbonyl (C=O) groups excluding carboxylic acids is 2. The number of nitrogens with one attached hydrogen (secondary N) is 2. The Morgan fingerprint density at radius 1 is 1.50 bits per heavy atom. The van der Waals surface area contributed by atoms with Gasteiger partial charge in [-0.25, -0.2) is 10.3 Å². The molecular weight excluding hydrogens is 360 g/mol. The number of hydrogen-bond acceptors (Lipinski definition) is 8. The minimum absolute atomic E-state index is 0.0230. The van der Waals surface area contributed by atoms with Gasteiger partial charge in [0.15, 0.2) is 0 Å². The number of amidine groups is 1. The molecule has 0 spiro atoms. The lowest BCUT2D eigenvalue weighted by Crippen LogP contribution is -2.37. The Kier molecular flexibility index (Phi) is 4.91. The Labute approximate surface area is 162 Å². The molecule has 0 bridgehead atoms. The highest BCUT2D eigenvalue weighted by Crippen LogP contribution is 2.39. The maximum absolute atomic E-state index is 12.1. The summed E-state index contributed by atoms with van der Waals surface area (Å²) in [6.07, 6.45) is 3.54. The van der Waals surface area contributed by atoms with Crippen molar-refractivity contribution in [2.45, 2.75) is 31.0 Å². The third-order valence-corrected chi connectivity index (χ3v) is 5.40. The maximum Gasteiger partial charge on any atom is 0.415 e. The van der Waals surface area contributed by atoms with Crippen molar-refractivity contribution in [3.05, 3.63) is 35.4 Å². The molecule has 3 unspecified atom stereocenters. The molecule has 4 rings (SSSR count). The lowest BCUT2D eigenvalue weighted by molar-refractivity contribution is -0.108. The van der Waals surface area contributed by atoms with Gasteiger partial charge in [0.2, 0.25) is 0 Å². The lowest BCUT2D eigenvalue weighted by Gasteiger charge is -2.17. The highest BCUT2D eigenvalue weighted by atomic mass is 16.6. The van der Waals surface area contributed by atoms with Crippen LogP contribution in [0.4, 0.5) is 10.5 Å². The number of nitrogens with zero attached hydrogens (tertiary/aromatic N) is 3. The lowest BCUT2D eigenvalue weighted by atomic mass is 9.98. The Bertz CT molecular complexity index is 872. The average molecular weight is 382 g/mol. The second kappa shape index (κ2) is 7.51. The summed E-state index contributed by atoms with van der Waals surface area (Å²) in [6, 6.07) is 5.39. The van der Waals surface area contributed by atoms with E-state index >= 15 is 0 Å². The van der Waals surface area contributed by atoms with Crippen molar-refractivity contribution in [3.63, 3.8) is 0 Å². The van der Waals surface area contributed by atoms with Gasteiger partial charge in [-0.1, -0.05) is 12.1 Å². The number of dihydropyridines is 1. The number of amides is 1. The number of anilines is 1. The van der Waals surface area contributed by atoms with E-state index in [1.165, 1.54) is 0 Å². The van der Waals surface area contributed by atoms with Crippen LogP contribution in [0.25, 0.3) is 5.57 Å². The number of carbonyl (C=O) groups is 2. The first-order valence-corrected chi connectivity index (χ1v) is 9.26. The van der Waals surface area contributed by atoms with Crippen molar-refractivity contribution in [1.29, 1.82) is 5.53 Å². The molecule has 4 N–H and O–H groups in total. The Hall–Kier alpha value is -3.07. The number of fused-ring (bicyclic) bond motifs is 3. The monoisotopic (exact) mass is 382 g/mol. The van der Waals surface area contributed by atoms with Crippen molar-refractivity contribution in [2.75, 3.05) is 24.5 Å². The SMILES string of the molecule is N=NC(C=O)CNC1=NCC(c2ccc3c(c2)CC2C(CN)OC(=O)N32)=CC1. The zero-order valence-electron chi connectivity index (χ0n) is 15.3. The summed E-state index contributed by atoms with van der Waals surface area (Å²) < 4.78 is 5.33. The molecule has 1 saturated heterocycles. The molecule has 1 amide bonds. The van der Waals surface area contributed by atoms with E-state index < -0.39 is 6.04 Å². The van der Waals surface area contributed by atoms with Gasteiger partial charge in [-0.2, -0.15) is 5.11 Å². The number of ether oxygens (including phenoxy) is 1. The second-order valence-corrected chi connectivity index (χ2v) is 7.05. The molecule has 3 aliphatic heterocycles. The van der Waals surface area contributed by atoms with E-state index in [1.807, 2.05) is 12.1 Å². The van der Waals surface area contributed by atoms with E-state index in [4.69, 9.17) is 16.0 Å². The van der Waals surface area contributed by atoms with Crippen LogP contribution in [-0.2, 0) is 16.0 Å². The first kappa shape index (κ1) is 18.3. The number of nitrogens with two attached hydrogens (primary N) is 1. The average Bonchev–Trinajstić information content (AvgIpc) is 3.25. The molecule has 3 atom stereocenters. The van der Waals surface area contributed by atoms with Crippen molar-refractivity contribution in [1.82, 2.24) is 5.32 Å². The van der Waals surface area contributed by atoms with Gasteiger partial charge < -0.3 is 20.6 Å². The van der Waals surface area contributed by atoms with Crippen LogP contribution in [0.2, 0.25) is 0 Å². The van der Waals surface area contributed by atoms with Crippen LogP contribution >= 0.6 is 0 Å². The Morgan fingerprint density at radius 3 is 3.04 bits per heavy atom. The van der Waals surface area contributed by atoms with Crippen LogP contribution in [0.1, 0.15) is 17.5 Å². The largest absolute Gasteiger partial charge is 0.442 e. The van der Waals surface area contributed by atoms with Crippen LogP contribution in [-0.4, -0.2) is 56.0 Å². The summed E-state index contributed by atoms with van der Waals surface area (Å²) in [5.41, 5.74) is 16.9. The molecule has 3 heterocycles. The van der Waals surface area contributed by atoms with Crippen molar-refractivity contribution >= 4 is 29.5 Å². The summed E-state index contributed by atoms with van der Waals surface area (Å²) in [4.78, 5) is 29.1. The zero-order chi connectivity index (χ0) is 19.7. The van der Waals surface area contributed by atoms with Gasteiger partial charge in [0.1, 0.15) is 24.3 Å². The molecule has 9 heteroatoms. The number of aliphatic imine (C=N–C) groups is 1. The zero-order valence-corrected chi connectivity index (χ0v) is 15.3. The van der Waals surface area contributed by atoms with E-state index in [0.717, 1.165) is 34.6 Å². The summed E-state index contributed by atoms with van der Waals surface area (Å²) in [5.74, 6) is 0.787. The second-order valence-electron chi connectivity index (χ2n) is 7.05. The van der Waals surface area contributed by atoms with Crippen molar-refractivity contribution < 1.29 is 14.3 Å². The smallest absolute Gasteiger partial charge is 0.415 e. The molecule has 0 saturated carbocycles. The molecule has 1 fully saturated rings. The summed E-state index contributed by atoms with van der Waals surface area (Å²) in [5, 5.41) is 6.30. The number of cyclic esters (lactones) is 1. The number of benzene rings is 1. The molecule has 28 heavy (non-hydrogen) atoms. The molecule has 3 aliphatic rings. The molecule has 146 valence electrons. The van der Waals surface area contributed by atoms with Crippen LogP contribution in [0.5, 0.6) is 0 Å². The van der Waals surface area contributed by atoms with E-state index in [0.29, 0.717) is 25.8 Å².